The van der Waals surface area contributed by atoms with E-state index in [1.54, 1.807) is 0 Å². The van der Waals surface area contributed by atoms with Crippen LogP contribution in [0.15, 0.2) is 18.2 Å². The molecule has 5 nitrogen and oxygen atoms in total. The molecule has 1 saturated carbocycles. The molecule has 2 amide bonds. The van der Waals surface area contributed by atoms with E-state index in [1.165, 1.54) is 32.1 Å². The van der Waals surface area contributed by atoms with Gasteiger partial charge in [0.1, 0.15) is 0 Å². The van der Waals surface area contributed by atoms with Gasteiger partial charge < -0.3 is 10.6 Å². The number of hydrogen-bond acceptors (Lipinski definition) is 3. The fourth-order valence-corrected chi connectivity index (χ4v) is 4.34. The Morgan fingerprint density at radius 1 is 1.08 bits per heavy atom. The Hall–Kier alpha value is -1.88. The van der Waals surface area contributed by atoms with Crippen molar-refractivity contribution in [2.45, 2.75) is 46.0 Å². The molecular weight excluding hydrogens is 326 g/mol. The van der Waals surface area contributed by atoms with Crippen LogP contribution < -0.4 is 10.6 Å². The van der Waals surface area contributed by atoms with Crippen LogP contribution in [0.3, 0.4) is 0 Å². The number of piperidine rings is 1. The number of fused-ring (bicyclic) bond motifs is 1. The standard InChI is InChI=1S/C21H31N3O2/c1-15-6-5-9-19(16(15)2)23-20(25)12-22-21(26)14-24-11-10-17-7-3-4-8-18(17)13-24/h5-6,9,17-18H,3-4,7-8,10-14H2,1-2H3,(H,22,26)(H,23,25)/t17-,18-/m1/s1. The molecule has 26 heavy (non-hydrogen) atoms. The normalized spacial score (nSPS) is 23.2. The van der Waals surface area contributed by atoms with Crippen molar-refractivity contribution in [3.8, 4) is 0 Å². The number of carbonyl (C=O) groups is 2. The first-order chi connectivity index (χ1) is 12.5. The summed E-state index contributed by atoms with van der Waals surface area (Å²) in [6.07, 6.45) is 6.59. The number of hydrogen-bond donors (Lipinski definition) is 2. The molecule has 5 heteroatoms. The second kappa shape index (κ2) is 8.67. The molecule has 1 aliphatic heterocycles. The molecule has 1 aromatic rings. The predicted molar refractivity (Wildman–Crippen MR) is 104 cm³/mol. The highest BCUT2D eigenvalue weighted by Gasteiger charge is 2.31. The lowest BCUT2D eigenvalue weighted by Gasteiger charge is -2.41. The lowest BCUT2D eigenvalue weighted by Crippen LogP contribution is -2.47. The lowest BCUT2D eigenvalue weighted by atomic mass is 9.75. The van der Waals surface area contributed by atoms with Gasteiger partial charge in [0.2, 0.25) is 11.8 Å². The fourth-order valence-electron chi connectivity index (χ4n) is 4.34. The molecular formula is C21H31N3O2. The van der Waals surface area contributed by atoms with Gasteiger partial charge in [-0.2, -0.15) is 0 Å². The second-order valence-corrected chi connectivity index (χ2v) is 7.90. The Morgan fingerprint density at radius 3 is 2.65 bits per heavy atom. The molecule has 2 N–H and O–H groups in total. The van der Waals surface area contributed by atoms with E-state index in [4.69, 9.17) is 0 Å². The molecule has 1 aromatic carbocycles. The van der Waals surface area contributed by atoms with Gasteiger partial charge in [0, 0.05) is 12.2 Å². The maximum atomic E-state index is 12.2. The summed E-state index contributed by atoms with van der Waals surface area (Å²) in [5.41, 5.74) is 3.00. The van der Waals surface area contributed by atoms with Crippen molar-refractivity contribution in [3.05, 3.63) is 29.3 Å². The van der Waals surface area contributed by atoms with Crippen LogP contribution in [0.1, 0.15) is 43.2 Å². The zero-order valence-electron chi connectivity index (χ0n) is 16.0. The van der Waals surface area contributed by atoms with Gasteiger partial charge in [-0.05, 0) is 62.3 Å². The van der Waals surface area contributed by atoms with Gasteiger partial charge in [0.15, 0.2) is 0 Å². The van der Waals surface area contributed by atoms with Gasteiger partial charge >= 0.3 is 0 Å². The van der Waals surface area contributed by atoms with Crippen molar-refractivity contribution in [1.29, 1.82) is 0 Å². The van der Waals surface area contributed by atoms with Crippen molar-refractivity contribution in [2.75, 3.05) is 31.5 Å². The van der Waals surface area contributed by atoms with Crippen LogP contribution in [0, 0.1) is 25.7 Å². The number of likely N-dealkylation sites (tertiary alicyclic amines) is 1. The number of benzene rings is 1. The number of carbonyl (C=O) groups excluding carboxylic acids is 2. The predicted octanol–water partition coefficient (Wildman–Crippen LogP) is 2.87. The topological polar surface area (TPSA) is 61.4 Å². The van der Waals surface area contributed by atoms with Crippen LogP contribution >= 0.6 is 0 Å². The number of nitrogens with one attached hydrogen (secondary N) is 2. The third kappa shape index (κ3) is 4.85. The number of aryl methyl sites for hydroxylation is 1. The Kier molecular flexibility index (Phi) is 6.30. The molecule has 0 radical (unpaired) electrons. The quantitative estimate of drug-likeness (QED) is 0.852. The summed E-state index contributed by atoms with van der Waals surface area (Å²) in [6, 6.07) is 5.82. The Balaban J connectivity index is 1.41. The van der Waals surface area contributed by atoms with Crippen LogP contribution in [0.5, 0.6) is 0 Å². The van der Waals surface area contributed by atoms with Gasteiger partial charge in [-0.15, -0.1) is 0 Å². The van der Waals surface area contributed by atoms with E-state index in [0.717, 1.165) is 41.7 Å². The Morgan fingerprint density at radius 2 is 1.85 bits per heavy atom. The summed E-state index contributed by atoms with van der Waals surface area (Å²) in [5, 5.41) is 5.64. The highest BCUT2D eigenvalue weighted by Crippen LogP contribution is 2.35. The lowest BCUT2D eigenvalue weighted by molar-refractivity contribution is -0.125. The minimum absolute atomic E-state index is 0.0199. The third-order valence-corrected chi connectivity index (χ3v) is 6.07. The van der Waals surface area contributed by atoms with Crippen molar-refractivity contribution >= 4 is 17.5 Å². The summed E-state index contributed by atoms with van der Waals surface area (Å²) in [6.45, 7) is 6.46. The van der Waals surface area contributed by atoms with Gasteiger partial charge in [0.25, 0.3) is 0 Å². The molecule has 1 saturated heterocycles. The number of rotatable bonds is 5. The zero-order chi connectivity index (χ0) is 18.5. The van der Waals surface area contributed by atoms with Gasteiger partial charge in [-0.25, -0.2) is 0 Å². The van der Waals surface area contributed by atoms with Crippen molar-refractivity contribution in [1.82, 2.24) is 10.2 Å². The van der Waals surface area contributed by atoms with E-state index in [9.17, 15) is 9.59 Å². The van der Waals surface area contributed by atoms with E-state index < -0.39 is 0 Å². The molecule has 2 atom stereocenters. The Labute approximate surface area is 156 Å². The van der Waals surface area contributed by atoms with Gasteiger partial charge in [-0.1, -0.05) is 31.4 Å². The molecule has 3 rings (SSSR count). The molecule has 2 fully saturated rings. The average molecular weight is 357 g/mol. The van der Waals surface area contributed by atoms with Crippen molar-refractivity contribution in [2.24, 2.45) is 11.8 Å². The molecule has 1 aliphatic carbocycles. The third-order valence-electron chi connectivity index (χ3n) is 6.07. The first kappa shape index (κ1) is 18.9. The van der Waals surface area contributed by atoms with E-state index in [1.807, 2.05) is 32.0 Å². The van der Waals surface area contributed by atoms with E-state index in [0.29, 0.717) is 6.54 Å². The number of anilines is 1. The molecule has 0 spiro atoms. The summed E-state index contributed by atoms with van der Waals surface area (Å²) < 4.78 is 0. The highest BCUT2D eigenvalue weighted by molar-refractivity contribution is 5.95. The minimum Gasteiger partial charge on any atom is -0.346 e. The van der Waals surface area contributed by atoms with Crippen LogP contribution in [0.2, 0.25) is 0 Å². The van der Waals surface area contributed by atoms with Crippen LogP contribution in [0.25, 0.3) is 0 Å². The van der Waals surface area contributed by atoms with Crippen LogP contribution in [-0.2, 0) is 9.59 Å². The number of amides is 2. The molecule has 0 aromatic heterocycles. The smallest absolute Gasteiger partial charge is 0.243 e. The molecule has 0 unspecified atom stereocenters. The van der Waals surface area contributed by atoms with Crippen molar-refractivity contribution in [3.63, 3.8) is 0 Å². The molecule has 1 heterocycles. The maximum Gasteiger partial charge on any atom is 0.243 e. The number of nitrogens with zero attached hydrogens (tertiary/aromatic N) is 1. The van der Waals surface area contributed by atoms with E-state index in [2.05, 4.69) is 15.5 Å². The SMILES string of the molecule is Cc1cccc(NC(=O)CNC(=O)CN2CC[C@H]3CCCC[C@@H]3C2)c1C. The maximum absolute atomic E-state index is 12.2. The summed E-state index contributed by atoms with van der Waals surface area (Å²) >= 11 is 0. The second-order valence-electron chi connectivity index (χ2n) is 7.90. The minimum atomic E-state index is -0.182. The molecule has 2 aliphatic rings. The summed E-state index contributed by atoms with van der Waals surface area (Å²) in [5.74, 6) is 1.39. The Bertz CT molecular complexity index is 659. The summed E-state index contributed by atoms with van der Waals surface area (Å²) in [7, 11) is 0. The monoisotopic (exact) mass is 357 g/mol. The highest BCUT2D eigenvalue weighted by atomic mass is 16.2. The molecule has 142 valence electrons. The van der Waals surface area contributed by atoms with Gasteiger partial charge in [0.05, 0.1) is 13.1 Å². The van der Waals surface area contributed by atoms with Crippen LogP contribution in [0.4, 0.5) is 5.69 Å². The molecule has 0 bridgehead atoms. The van der Waals surface area contributed by atoms with Crippen LogP contribution in [-0.4, -0.2) is 42.9 Å². The fraction of sp³-hybridized carbons (Fsp3) is 0.619. The van der Waals surface area contributed by atoms with Crippen molar-refractivity contribution < 1.29 is 9.59 Å². The van der Waals surface area contributed by atoms with E-state index >= 15 is 0 Å². The van der Waals surface area contributed by atoms with Gasteiger partial charge in [-0.3, -0.25) is 14.5 Å². The summed E-state index contributed by atoms with van der Waals surface area (Å²) in [4.78, 5) is 26.6. The average Bonchev–Trinajstić information content (AvgIpc) is 2.64. The first-order valence-corrected chi connectivity index (χ1v) is 9.88. The first-order valence-electron chi connectivity index (χ1n) is 9.88. The largest absolute Gasteiger partial charge is 0.346 e. The van der Waals surface area contributed by atoms with E-state index in [-0.39, 0.29) is 18.4 Å². The zero-order valence-corrected chi connectivity index (χ0v) is 16.0.